The molecule has 158 valence electrons. The maximum Gasteiger partial charge on any atom is 0.374 e. The van der Waals surface area contributed by atoms with Crippen LogP contribution in [0.25, 0.3) is 0 Å². The molecule has 0 aliphatic rings. The summed E-state index contributed by atoms with van der Waals surface area (Å²) in [5, 5.41) is 3.90. The van der Waals surface area contributed by atoms with E-state index in [9.17, 15) is 9.59 Å². The summed E-state index contributed by atoms with van der Waals surface area (Å²) in [6.45, 7) is 5.72. The van der Waals surface area contributed by atoms with E-state index in [1.54, 1.807) is 37.3 Å². The highest BCUT2D eigenvalue weighted by Gasteiger charge is 2.17. The minimum Gasteiger partial charge on any atom is -0.489 e. The highest BCUT2D eigenvalue weighted by atomic mass is 16.6. The molecule has 3 rings (SSSR count). The molecule has 0 atom stereocenters. The van der Waals surface area contributed by atoms with Gasteiger partial charge in [-0.25, -0.2) is 4.79 Å². The third-order valence-corrected chi connectivity index (χ3v) is 4.55. The van der Waals surface area contributed by atoms with E-state index in [-0.39, 0.29) is 18.8 Å². The third kappa shape index (κ3) is 5.08. The number of nitrogens with zero attached hydrogens (tertiary/aromatic N) is 1. The molecule has 0 bridgehead atoms. The van der Waals surface area contributed by atoms with Crippen LogP contribution in [0.2, 0.25) is 0 Å². The van der Waals surface area contributed by atoms with E-state index in [1.807, 2.05) is 13.8 Å². The van der Waals surface area contributed by atoms with Crippen LogP contribution in [0.15, 0.2) is 39.3 Å². The van der Waals surface area contributed by atoms with Gasteiger partial charge in [-0.3, -0.25) is 4.79 Å². The number of rotatable bonds is 8. The third-order valence-electron chi connectivity index (χ3n) is 4.55. The second-order valence-electron chi connectivity index (χ2n) is 6.79. The molecule has 0 aliphatic heterocycles. The molecule has 30 heavy (non-hydrogen) atoms. The first-order chi connectivity index (χ1) is 14.4. The summed E-state index contributed by atoms with van der Waals surface area (Å²) < 4.78 is 26.1. The van der Waals surface area contributed by atoms with Crippen LogP contribution < -0.4 is 4.74 Å². The minimum atomic E-state index is -0.568. The summed E-state index contributed by atoms with van der Waals surface area (Å²) in [6.07, 6.45) is 0.105. The van der Waals surface area contributed by atoms with Gasteiger partial charge in [0, 0.05) is 5.56 Å². The monoisotopic (exact) mass is 413 g/mol. The van der Waals surface area contributed by atoms with Gasteiger partial charge in [-0.05, 0) is 44.5 Å². The van der Waals surface area contributed by atoms with Crippen molar-refractivity contribution in [3.8, 4) is 5.75 Å². The van der Waals surface area contributed by atoms with Crippen molar-refractivity contribution in [1.82, 2.24) is 5.16 Å². The van der Waals surface area contributed by atoms with Crippen LogP contribution in [0.5, 0.6) is 5.75 Å². The Morgan fingerprint density at radius 1 is 1.07 bits per heavy atom. The van der Waals surface area contributed by atoms with E-state index in [0.29, 0.717) is 23.7 Å². The Morgan fingerprint density at radius 3 is 2.43 bits per heavy atom. The molecular formula is C22H23NO7. The molecule has 8 heteroatoms. The van der Waals surface area contributed by atoms with Crippen LogP contribution >= 0.6 is 0 Å². The highest BCUT2D eigenvalue weighted by Crippen LogP contribution is 2.19. The molecular weight excluding hydrogens is 390 g/mol. The SMILES string of the molecule is COC(=O)c1oc(COC(=O)Cc2ccc(OCc3c(C)noc3C)cc2)cc1C. The van der Waals surface area contributed by atoms with Gasteiger partial charge in [0.2, 0.25) is 5.76 Å². The fourth-order valence-electron chi connectivity index (χ4n) is 2.85. The number of aromatic nitrogens is 1. The summed E-state index contributed by atoms with van der Waals surface area (Å²) in [4.78, 5) is 23.7. The number of methoxy groups -OCH3 is 1. The van der Waals surface area contributed by atoms with Crippen molar-refractivity contribution in [1.29, 1.82) is 0 Å². The van der Waals surface area contributed by atoms with Crippen LogP contribution in [0.1, 0.15) is 44.5 Å². The number of hydrogen-bond acceptors (Lipinski definition) is 8. The molecule has 0 N–H and O–H groups in total. The molecule has 2 heterocycles. The van der Waals surface area contributed by atoms with Gasteiger partial charge < -0.3 is 23.2 Å². The average Bonchev–Trinajstić information content (AvgIpc) is 3.27. The number of aryl methyl sites for hydroxylation is 3. The van der Waals surface area contributed by atoms with Gasteiger partial charge in [-0.15, -0.1) is 0 Å². The fourth-order valence-corrected chi connectivity index (χ4v) is 2.85. The predicted molar refractivity (Wildman–Crippen MR) is 105 cm³/mol. The van der Waals surface area contributed by atoms with Crippen molar-refractivity contribution >= 4 is 11.9 Å². The smallest absolute Gasteiger partial charge is 0.374 e. The van der Waals surface area contributed by atoms with Crippen molar-refractivity contribution in [2.45, 2.75) is 40.4 Å². The average molecular weight is 413 g/mol. The Morgan fingerprint density at radius 2 is 1.80 bits per heavy atom. The zero-order chi connectivity index (χ0) is 21.7. The van der Waals surface area contributed by atoms with Gasteiger partial charge in [0.25, 0.3) is 0 Å². The van der Waals surface area contributed by atoms with Crippen LogP contribution in [0, 0.1) is 20.8 Å². The van der Waals surface area contributed by atoms with Crippen LogP contribution in [0.4, 0.5) is 0 Å². The summed E-state index contributed by atoms with van der Waals surface area (Å²) in [7, 11) is 1.27. The molecule has 0 fully saturated rings. The largest absolute Gasteiger partial charge is 0.489 e. The van der Waals surface area contributed by atoms with E-state index in [4.69, 9.17) is 18.4 Å². The minimum absolute atomic E-state index is 0.0602. The molecule has 3 aromatic rings. The zero-order valence-corrected chi connectivity index (χ0v) is 17.3. The van der Waals surface area contributed by atoms with Gasteiger partial charge in [0.15, 0.2) is 0 Å². The Balaban J connectivity index is 1.49. The lowest BCUT2D eigenvalue weighted by atomic mass is 10.1. The number of carbonyl (C=O) groups is 2. The summed E-state index contributed by atoms with van der Waals surface area (Å²) >= 11 is 0. The predicted octanol–water partition coefficient (Wildman–Crippen LogP) is 3.84. The first-order valence-corrected chi connectivity index (χ1v) is 9.34. The zero-order valence-electron chi connectivity index (χ0n) is 17.3. The van der Waals surface area contributed by atoms with E-state index in [0.717, 1.165) is 22.6 Å². The number of esters is 2. The van der Waals surface area contributed by atoms with E-state index in [2.05, 4.69) is 9.89 Å². The maximum absolute atomic E-state index is 12.1. The summed E-state index contributed by atoms with van der Waals surface area (Å²) in [5.41, 5.74) is 3.14. The molecule has 1 aromatic carbocycles. The van der Waals surface area contributed by atoms with Crippen LogP contribution in [0.3, 0.4) is 0 Å². The lowest BCUT2D eigenvalue weighted by Gasteiger charge is -2.07. The highest BCUT2D eigenvalue weighted by molar-refractivity contribution is 5.87. The second kappa shape index (κ2) is 9.30. The molecule has 2 aromatic heterocycles. The van der Waals surface area contributed by atoms with Crippen LogP contribution in [-0.4, -0.2) is 24.2 Å². The molecule has 0 aliphatic carbocycles. The van der Waals surface area contributed by atoms with Gasteiger partial charge in [-0.1, -0.05) is 17.3 Å². The molecule has 0 unspecified atom stereocenters. The first-order valence-electron chi connectivity index (χ1n) is 9.34. The van der Waals surface area contributed by atoms with E-state index < -0.39 is 11.9 Å². The van der Waals surface area contributed by atoms with E-state index in [1.165, 1.54) is 7.11 Å². The van der Waals surface area contributed by atoms with Gasteiger partial charge in [0.1, 0.15) is 30.5 Å². The topological polar surface area (TPSA) is 101 Å². The summed E-state index contributed by atoms with van der Waals surface area (Å²) in [5.74, 6) is 0.917. The van der Waals surface area contributed by atoms with Crippen molar-refractivity contribution in [2.75, 3.05) is 7.11 Å². The van der Waals surface area contributed by atoms with Crippen molar-refractivity contribution in [2.24, 2.45) is 0 Å². The molecule has 0 amide bonds. The quantitative estimate of drug-likeness (QED) is 0.513. The van der Waals surface area contributed by atoms with Gasteiger partial charge in [-0.2, -0.15) is 0 Å². The van der Waals surface area contributed by atoms with Crippen molar-refractivity contribution < 1.29 is 32.7 Å². The maximum atomic E-state index is 12.1. The number of hydrogen-bond donors (Lipinski definition) is 0. The van der Waals surface area contributed by atoms with Crippen LogP contribution in [-0.2, 0) is 33.9 Å². The molecule has 0 saturated heterocycles. The molecule has 0 saturated carbocycles. The normalized spacial score (nSPS) is 10.7. The Bertz CT molecular complexity index is 1010. The lowest BCUT2D eigenvalue weighted by molar-refractivity contribution is -0.144. The van der Waals surface area contributed by atoms with E-state index >= 15 is 0 Å². The number of furan rings is 1. The number of carbonyl (C=O) groups excluding carboxylic acids is 2. The standard InChI is InChI=1S/C22H23NO7/c1-13-9-18(29-21(13)22(25)26-4)11-28-20(24)10-16-5-7-17(8-6-16)27-12-19-14(2)23-30-15(19)3/h5-9H,10-12H2,1-4H3. The molecule has 8 nitrogen and oxygen atoms in total. The Kier molecular flexibility index (Phi) is 6.56. The second-order valence-corrected chi connectivity index (χ2v) is 6.79. The Hall–Kier alpha value is -3.55. The van der Waals surface area contributed by atoms with Crippen molar-refractivity contribution in [3.63, 3.8) is 0 Å². The summed E-state index contributed by atoms with van der Waals surface area (Å²) in [6, 6.07) is 8.83. The fraction of sp³-hybridized carbons (Fsp3) is 0.318. The number of ether oxygens (including phenoxy) is 3. The molecule has 0 radical (unpaired) electrons. The van der Waals surface area contributed by atoms with Gasteiger partial charge in [0.05, 0.1) is 24.8 Å². The van der Waals surface area contributed by atoms with Crippen molar-refractivity contribution in [3.05, 3.63) is 70.0 Å². The molecule has 0 spiro atoms. The lowest BCUT2D eigenvalue weighted by Crippen LogP contribution is -2.07. The number of benzene rings is 1. The Labute approximate surface area is 173 Å². The van der Waals surface area contributed by atoms with Gasteiger partial charge >= 0.3 is 11.9 Å². The first kappa shape index (κ1) is 21.2.